The van der Waals surface area contributed by atoms with Crippen LogP contribution in [0.25, 0.3) is 0 Å². The third kappa shape index (κ3) is 2.76. The number of nitrogens with one attached hydrogen (secondary N) is 1. The molecule has 1 aromatic heterocycles. The van der Waals surface area contributed by atoms with Gasteiger partial charge in [-0.05, 0) is 24.3 Å². The van der Waals surface area contributed by atoms with Gasteiger partial charge in [-0.15, -0.1) is 0 Å². The van der Waals surface area contributed by atoms with Crippen molar-refractivity contribution < 1.29 is 9.31 Å². The minimum atomic E-state index is -0.647. The highest BCUT2D eigenvalue weighted by molar-refractivity contribution is 5.61. The molecule has 1 heterocycles. The average molecular weight is 248 g/mol. The molecular formula is C11H9FN4O2. The summed E-state index contributed by atoms with van der Waals surface area (Å²) in [6, 6.07) is 6.80. The molecule has 0 bridgehead atoms. The molecule has 0 saturated carbocycles. The summed E-state index contributed by atoms with van der Waals surface area (Å²) in [6.45, 7) is 0.278. The first-order valence-corrected chi connectivity index (χ1v) is 5.11. The molecule has 0 aliphatic heterocycles. The first-order valence-electron chi connectivity index (χ1n) is 5.11. The van der Waals surface area contributed by atoms with Crippen molar-refractivity contribution in [3.63, 3.8) is 0 Å². The van der Waals surface area contributed by atoms with Crippen LogP contribution in [0.15, 0.2) is 36.5 Å². The smallest absolute Gasteiger partial charge is 0.295 e. The second-order valence-corrected chi connectivity index (χ2v) is 3.49. The number of benzene rings is 1. The molecule has 0 fully saturated rings. The number of rotatable bonds is 4. The number of nitro groups is 1. The van der Waals surface area contributed by atoms with Gasteiger partial charge in [0, 0.05) is 6.20 Å². The van der Waals surface area contributed by atoms with E-state index in [-0.39, 0.29) is 17.9 Å². The molecule has 0 saturated heterocycles. The van der Waals surface area contributed by atoms with Gasteiger partial charge in [0.15, 0.2) is 0 Å². The highest BCUT2D eigenvalue weighted by atomic mass is 19.1. The van der Waals surface area contributed by atoms with Gasteiger partial charge >= 0.3 is 0 Å². The maximum atomic E-state index is 12.9. The molecule has 7 heteroatoms. The van der Waals surface area contributed by atoms with E-state index >= 15 is 0 Å². The Kier molecular flexibility index (Phi) is 3.42. The van der Waals surface area contributed by atoms with E-state index < -0.39 is 10.7 Å². The van der Waals surface area contributed by atoms with Crippen LogP contribution in [0.4, 0.5) is 15.8 Å². The van der Waals surface area contributed by atoms with E-state index in [4.69, 9.17) is 0 Å². The fraction of sp³-hybridized carbons (Fsp3) is 0.0909. The second kappa shape index (κ2) is 5.17. The summed E-state index contributed by atoms with van der Waals surface area (Å²) in [5.41, 5.74) is 0.571. The van der Waals surface area contributed by atoms with Gasteiger partial charge in [-0.1, -0.05) is 0 Å². The predicted molar refractivity (Wildman–Crippen MR) is 62.4 cm³/mol. The molecule has 92 valence electrons. The highest BCUT2D eigenvalue weighted by Gasteiger charge is 2.14. The molecule has 6 nitrogen and oxygen atoms in total. The van der Waals surface area contributed by atoms with Crippen molar-refractivity contribution in [2.45, 2.75) is 6.54 Å². The van der Waals surface area contributed by atoms with E-state index in [1.807, 2.05) is 0 Å². The number of nitro benzene ring substituents is 1. The molecule has 0 radical (unpaired) electrons. The second-order valence-electron chi connectivity index (χ2n) is 3.49. The summed E-state index contributed by atoms with van der Waals surface area (Å²) in [7, 11) is 0. The van der Waals surface area contributed by atoms with Crippen LogP contribution in [0.5, 0.6) is 0 Å². The van der Waals surface area contributed by atoms with Crippen LogP contribution < -0.4 is 5.32 Å². The molecule has 1 aromatic carbocycles. The van der Waals surface area contributed by atoms with E-state index in [0.717, 1.165) is 12.1 Å². The molecule has 0 unspecified atom stereocenters. The van der Waals surface area contributed by atoms with Crippen LogP contribution in [-0.2, 0) is 6.54 Å². The van der Waals surface area contributed by atoms with Crippen LogP contribution in [0.2, 0.25) is 0 Å². The summed E-state index contributed by atoms with van der Waals surface area (Å²) >= 11 is 0. The predicted octanol–water partition coefficient (Wildman–Crippen LogP) is 2.14. The largest absolute Gasteiger partial charge is 0.374 e. The number of hydrogen-bond donors (Lipinski definition) is 1. The Morgan fingerprint density at radius 2 is 2.22 bits per heavy atom. The molecule has 2 aromatic rings. The van der Waals surface area contributed by atoms with E-state index in [1.165, 1.54) is 12.3 Å². The number of halogens is 1. The molecule has 18 heavy (non-hydrogen) atoms. The lowest BCUT2D eigenvalue weighted by molar-refractivity contribution is -0.384. The summed E-state index contributed by atoms with van der Waals surface area (Å²) in [6.07, 6.45) is 1.53. The van der Waals surface area contributed by atoms with Crippen molar-refractivity contribution >= 4 is 11.4 Å². The Hall–Kier alpha value is -2.57. The Morgan fingerprint density at radius 1 is 1.39 bits per heavy atom. The maximum Gasteiger partial charge on any atom is 0.295 e. The van der Waals surface area contributed by atoms with E-state index in [2.05, 4.69) is 15.5 Å². The fourth-order valence-electron chi connectivity index (χ4n) is 1.42. The summed E-state index contributed by atoms with van der Waals surface area (Å²) in [5, 5.41) is 21.1. The van der Waals surface area contributed by atoms with Gasteiger partial charge in [0.25, 0.3) is 5.69 Å². The van der Waals surface area contributed by atoms with Gasteiger partial charge in [-0.3, -0.25) is 10.1 Å². The van der Waals surface area contributed by atoms with Crippen molar-refractivity contribution in [2.24, 2.45) is 0 Å². The first-order chi connectivity index (χ1) is 8.66. The lowest BCUT2D eigenvalue weighted by atomic mass is 10.2. The van der Waals surface area contributed by atoms with Crippen molar-refractivity contribution in [2.75, 3.05) is 5.32 Å². The third-order valence-electron chi connectivity index (χ3n) is 2.24. The fourth-order valence-corrected chi connectivity index (χ4v) is 1.42. The summed E-state index contributed by atoms with van der Waals surface area (Å²) in [4.78, 5) is 10.1. The minimum Gasteiger partial charge on any atom is -0.374 e. The van der Waals surface area contributed by atoms with Gasteiger partial charge < -0.3 is 5.32 Å². The zero-order valence-corrected chi connectivity index (χ0v) is 9.21. The molecule has 0 aliphatic carbocycles. The van der Waals surface area contributed by atoms with E-state index in [0.29, 0.717) is 5.69 Å². The standard InChI is InChI=1S/C11H9FN4O2/c12-8-3-4-10(11(6-8)16(17)18)13-7-9-2-1-5-14-15-9/h1-6,13H,7H2. The highest BCUT2D eigenvalue weighted by Crippen LogP contribution is 2.25. The Morgan fingerprint density at radius 3 is 2.89 bits per heavy atom. The molecule has 0 amide bonds. The van der Waals surface area contributed by atoms with Crippen molar-refractivity contribution in [1.82, 2.24) is 10.2 Å². The van der Waals surface area contributed by atoms with Crippen molar-refractivity contribution in [1.29, 1.82) is 0 Å². The molecule has 2 rings (SSSR count). The van der Waals surface area contributed by atoms with Crippen LogP contribution in [0.3, 0.4) is 0 Å². The molecule has 0 spiro atoms. The Labute approximate surface area is 102 Å². The molecule has 1 N–H and O–H groups in total. The zero-order valence-electron chi connectivity index (χ0n) is 9.21. The zero-order chi connectivity index (χ0) is 13.0. The van der Waals surface area contributed by atoms with Gasteiger partial charge in [-0.25, -0.2) is 4.39 Å². The van der Waals surface area contributed by atoms with E-state index in [9.17, 15) is 14.5 Å². The van der Waals surface area contributed by atoms with Crippen LogP contribution in [0, 0.1) is 15.9 Å². The molecule has 0 aliphatic rings. The van der Waals surface area contributed by atoms with E-state index in [1.54, 1.807) is 12.1 Å². The SMILES string of the molecule is O=[N+]([O-])c1cc(F)ccc1NCc1cccnn1. The number of aromatic nitrogens is 2. The number of hydrogen-bond acceptors (Lipinski definition) is 5. The lowest BCUT2D eigenvalue weighted by Crippen LogP contribution is -2.04. The van der Waals surface area contributed by atoms with Gasteiger partial charge in [0.05, 0.1) is 23.2 Å². The van der Waals surface area contributed by atoms with Gasteiger partial charge in [0.1, 0.15) is 11.5 Å². The first kappa shape index (κ1) is 11.9. The summed E-state index contributed by atoms with van der Waals surface area (Å²) in [5.74, 6) is -0.647. The minimum absolute atomic E-state index is 0.243. The van der Waals surface area contributed by atoms with Crippen LogP contribution in [0.1, 0.15) is 5.69 Å². The Bertz CT molecular complexity index is 562. The lowest BCUT2D eigenvalue weighted by Gasteiger charge is -2.06. The molecule has 0 atom stereocenters. The van der Waals surface area contributed by atoms with Gasteiger partial charge in [0.2, 0.25) is 0 Å². The summed E-state index contributed by atoms with van der Waals surface area (Å²) < 4.78 is 12.9. The maximum absolute atomic E-state index is 12.9. The average Bonchev–Trinajstić information content (AvgIpc) is 2.38. The van der Waals surface area contributed by atoms with Crippen molar-refractivity contribution in [3.05, 3.63) is 58.2 Å². The Balaban J connectivity index is 2.17. The van der Waals surface area contributed by atoms with Crippen LogP contribution in [-0.4, -0.2) is 15.1 Å². The topological polar surface area (TPSA) is 81.0 Å². The molecular weight excluding hydrogens is 239 g/mol. The van der Waals surface area contributed by atoms with Gasteiger partial charge in [-0.2, -0.15) is 10.2 Å². The number of nitrogens with zero attached hydrogens (tertiary/aromatic N) is 3. The quantitative estimate of drug-likeness (QED) is 0.662. The normalized spacial score (nSPS) is 10.1. The third-order valence-corrected chi connectivity index (χ3v) is 2.24. The van der Waals surface area contributed by atoms with Crippen molar-refractivity contribution in [3.8, 4) is 0 Å². The van der Waals surface area contributed by atoms with Crippen LogP contribution >= 0.6 is 0 Å². The number of anilines is 1. The monoisotopic (exact) mass is 248 g/mol.